The lowest BCUT2D eigenvalue weighted by atomic mass is 10.2. The van der Waals surface area contributed by atoms with E-state index in [1.54, 1.807) is 12.4 Å². The van der Waals surface area contributed by atoms with Gasteiger partial charge in [0.25, 0.3) is 0 Å². The molecule has 0 radical (unpaired) electrons. The van der Waals surface area contributed by atoms with Gasteiger partial charge in [-0.2, -0.15) is 0 Å². The number of benzene rings is 1. The van der Waals surface area contributed by atoms with E-state index in [1.165, 1.54) is 18.5 Å². The minimum absolute atomic E-state index is 0.132. The van der Waals surface area contributed by atoms with Crippen LogP contribution in [0.3, 0.4) is 0 Å². The predicted octanol–water partition coefficient (Wildman–Crippen LogP) is 1.84. The number of carbonyl (C=O) groups excluding carboxylic acids is 1. The van der Waals surface area contributed by atoms with Crippen molar-refractivity contribution in [2.45, 2.75) is 12.8 Å². The Morgan fingerprint density at radius 1 is 0.889 bits per heavy atom. The molecule has 1 aromatic carbocycles. The van der Waals surface area contributed by atoms with E-state index < -0.39 is 0 Å². The Kier molecular flexibility index (Phi) is 5.37. The van der Waals surface area contributed by atoms with Crippen molar-refractivity contribution >= 4 is 23.2 Å². The molecule has 1 amide bonds. The van der Waals surface area contributed by atoms with E-state index in [0.29, 0.717) is 19.6 Å². The van der Waals surface area contributed by atoms with Crippen molar-refractivity contribution in [3.05, 3.63) is 42.7 Å². The van der Waals surface area contributed by atoms with Gasteiger partial charge in [0.05, 0.1) is 6.54 Å². The van der Waals surface area contributed by atoms with Crippen molar-refractivity contribution in [2.75, 3.05) is 60.9 Å². The Balaban J connectivity index is 1.24. The average Bonchev–Trinajstić information content (AvgIpc) is 3.28. The van der Waals surface area contributed by atoms with Gasteiger partial charge in [-0.15, -0.1) is 0 Å². The Labute approximate surface area is 160 Å². The molecule has 7 heteroatoms. The number of nitrogens with zero attached hydrogens (tertiary/aromatic N) is 5. The quantitative estimate of drug-likeness (QED) is 0.871. The molecule has 2 aliphatic rings. The second kappa shape index (κ2) is 8.24. The van der Waals surface area contributed by atoms with Crippen molar-refractivity contribution in [1.82, 2.24) is 14.9 Å². The number of aromatic nitrogens is 2. The highest BCUT2D eigenvalue weighted by Gasteiger charge is 2.22. The van der Waals surface area contributed by atoms with Gasteiger partial charge >= 0.3 is 0 Å². The lowest BCUT2D eigenvalue weighted by Crippen LogP contribution is -2.50. The van der Waals surface area contributed by atoms with Crippen molar-refractivity contribution in [3.8, 4) is 0 Å². The molecule has 0 unspecified atom stereocenters. The lowest BCUT2D eigenvalue weighted by Gasteiger charge is -2.34. The Morgan fingerprint density at radius 2 is 1.56 bits per heavy atom. The van der Waals surface area contributed by atoms with Gasteiger partial charge in [0.15, 0.2) is 0 Å². The highest BCUT2D eigenvalue weighted by Crippen LogP contribution is 2.22. The molecule has 2 aliphatic heterocycles. The average molecular weight is 366 g/mol. The summed E-state index contributed by atoms with van der Waals surface area (Å²) in [6, 6.07) is 10.2. The van der Waals surface area contributed by atoms with Crippen LogP contribution in [0.2, 0.25) is 0 Å². The summed E-state index contributed by atoms with van der Waals surface area (Å²) in [7, 11) is 0. The van der Waals surface area contributed by atoms with Crippen LogP contribution in [0.15, 0.2) is 42.7 Å². The first-order valence-corrected chi connectivity index (χ1v) is 9.68. The van der Waals surface area contributed by atoms with Crippen LogP contribution in [0.1, 0.15) is 12.8 Å². The SMILES string of the molecule is O=C(CNc1ccc(N2CCCC2)cc1)N1CCN(c2ncccn2)CC1. The van der Waals surface area contributed by atoms with Crippen molar-refractivity contribution in [2.24, 2.45) is 0 Å². The maximum Gasteiger partial charge on any atom is 0.241 e. The molecule has 2 aromatic rings. The number of nitrogens with one attached hydrogen (secondary N) is 1. The van der Waals surface area contributed by atoms with Crippen LogP contribution in [0.25, 0.3) is 0 Å². The number of hydrogen-bond donors (Lipinski definition) is 1. The molecule has 2 saturated heterocycles. The second-order valence-corrected chi connectivity index (χ2v) is 7.01. The third-order valence-electron chi connectivity index (χ3n) is 5.25. The van der Waals surface area contributed by atoms with Crippen LogP contribution < -0.4 is 15.1 Å². The zero-order valence-electron chi connectivity index (χ0n) is 15.5. The third kappa shape index (κ3) is 4.30. The van der Waals surface area contributed by atoms with Crippen LogP contribution in [0.5, 0.6) is 0 Å². The first-order valence-electron chi connectivity index (χ1n) is 9.68. The van der Waals surface area contributed by atoms with Crippen LogP contribution in [-0.2, 0) is 4.79 Å². The fourth-order valence-corrected chi connectivity index (χ4v) is 3.67. The summed E-state index contributed by atoms with van der Waals surface area (Å²) in [6.45, 7) is 5.54. The molecular weight excluding hydrogens is 340 g/mol. The third-order valence-corrected chi connectivity index (χ3v) is 5.25. The van der Waals surface area contributed by atoms with Gasteiger partial charge in [-0.05, 0) is 43.2 Å². The van der Waals surface area contributed by atoms with Crippen LogP contribution >= 0.6 is 0 Å². The number of carbonyl (C=O) groups is 1. The van der Waals surface area contributed by atoms with Gasteiger partial charge in [0.1, 0.15) is 0 Å². The molecule has 4 rings (SSSR count). The molecule has 2 fully saturated rings. The fraction of sp³-hybridized carbons (Fsp3) is 0.450. The second-order valence-electron chi connectivity index (χ2n) is 7.01. The number of anilines is 3. The van der Waals surface area contributed by atoms with Crippen LogP contribution in [0.4, 0.5) is 17.3 Å². The normalized spacial score (nSPS) is 17.3. The summed E-state index contributed by atoms with van der Waals surface area (Å²) < 4.78 is 0. The van der Waals surface area contributed by atoms with E-state index in [9.17, 15) is 4.79 Å². The molecular formula is C20H26N6O. The molecule has 0 spiro atoms. The largest absolute Gasteiger partial charge is 0.376 e. The first kappa shape index (κ1) is 17.6. The van der Waals surface area contributed by atoms with E-state index in [-0.39, 0.29) is 5.91 Å². The number of piperazine rings is 1. The van der Waals surface area contributed by atoms with E-state index in [4.69, 9.17) is 0 Å². The summed E-state index contributed by atoms with van der Waals surface area (Å²) >= 11 is 0. The Hall–Kier alpha value is -2.83. The minimum Gasteiger partial charge on any atom is -0.376 e. The van der Waals surface area contributed by atoms with E-state index >= 15 is 0 Å². The van der Waals surface area contributed by atoms with Crippen molar-refractivity contribution in [1.29, 1.82) is 0 Å². The topological polar surface area (TPSA) is 64.6 Å². The van der Waals surface area contributed by atoms with Gasteiger partial charge in [-0.1, -0.05) is 0 Å². The first-order chi connectivity index (χ1) is 13.3. The molecule has 1 N–H and O–H groups in total. The maximum absolute atomic E-state index is 12.5. The standard InChI is InChI=1S/C20H26N6O/c27-19(25-12-14-26(15-13-25)20-21-8-3-9-22-20)16-23-17-4-6-18(7-5-17)24-10-1-2-11-24/h3-9,23H,1-2,10-16H2. The predicted molar refractivity (Wildman–Crippen MR) is 107 cm³/mol. The summed E-state index contributed by atoms with van der Waals surface area (Å²) in [4.78, 5) is 27.5. The maximum atomic E-state index is 12.5. The van der Waals surface area contributed by atoms with E-state index in [2.05, 4.69) is 49.4 Å². The number of amides is 1. The van der Waals surface area contributed by atoms with Gasteiger partial charge in [0.2, 0.25) is 11.9 Å². The smallest absolute Gasteiger partial charge is 0.241 e. The van der Waals surface area contributed by atoms with E-state index in [1.807, 2.05) is 11.0 Å². The highest BCUT2D eigenvalue weighted by molar-refractivity contribution is 5.81. The summed E-state index contributed by atoms with van der Waals surface area (Å²) in [5.41, 5.74) is 2.26. The van der Waals surface area contributed by atoms with Gasteiger partial charge in [-0.3, -0.25) is 4.79 Å². The van der Waals surface area contributed by atoms with E-state index in [0.717, 1.165) is 37.8 Å². The van der Waals surface area contributed by atoms with Gasteiger partial charge in [-0.25, -0.2) is 9.97 Å². The molecule has 3 heterocycles. The molecule has 7 nitrogen and oxygen atoms in total. The Bertz CT molecular complexity index is 737. The Morgan fingerprint density at radius 3 is 2.22 bits per heavy atom. The molecule has 0 atom stereocenters. The molecule has 0 bridgehead atoms. The van der Waals surface area contributed by atoms with Crippen molar-refractivity contribution < 1.29 is 4.79 Å². The van der Waals surface area contributed by atoms with Crippen LogP contribution in [0, 0.1) is 0 Å². The molecule has 27 heavy (non-hydrogen) atoms. The zero-order valence-corrected chi connectivity index (χ0v) is 15.5. The molecule has 1 aromatic heterocycles. The van der Waals surface area contributed by atoms with Crippen LogP contribution in [-0.4, -0.2) is 66.6 Å². The zero-order chi connectivity index (χ0) is 18.5. The monoisotopic (exact) mass is 366 g/mol. The van der Waals surface area contributed by atoms with Crippen molar-refractivity contribution in [3.63, 3.8) is 0 Å². The highest BCUT2D eigenvalue weighted by atomic mass is 16.2. The van der Waals surface area contributed by atoms with Gasteiger partial charge in [0, 0.05) is 63.0 Å². The molecule has 142 valence electrons. The van der Waals surface area contributed by atoms with Gasteiger partial charge < -0.3 is 20.0 Å². The molecule has 0 saturated carbocycles. The number of hydrogen-bond acceptors (Lipinski definition) is 6. The summed E-state index contributed by atoms with van der Waals surface area (Å²) in [6.07, 6.45) is 6.05. The summed E-state index contributed by atoms with van der Waals surface area (Å²) in [5.74, 6) is 0.869. The minimum atomic E-state index is 0.132. The summed E-state index contributed by atoms with van der Waals surface area (Å²) in [5, 5.41) is 3.25. The lowest BCUT2D eigenvalue weighted by molar-refractivity contribution is -0.129. The number of rotatable bonds is 5. The fourth-order valence-electron chi connectivity index (χ4n) is 3.67. The molecule has 0 aliphatic carbocycles.